The minimum atomic E-state index is -0.876. The molecule has 1 aromatic carbocycles. The molecule has 0 aliphatic rings. The number of rotatable bonds is 8. The number of nitrogens with one attached hydrogen (secondary N) is 1. The zero-order valence-corrected chi connectivity index (χ0v) is 12.1. The van der Waals surface area contributed by atoms with Gasteiger partial charge in [0.2, 0.25) is 6.41 Å². The number of benzene rings is 1. The fourth-order valence-electron chi connectivity index (χ4n) is 1.81. The number of methoxy groups -OCH3 is 1. The third kappa shape index (κ3) is 5.30. The molecule has 1 aromatic rings. The maximum absolute atomic E-state index is 10.6. The van der Waals surface area contributed by atoms with Gasteiger partial charge in [-0.25, -0.2) is 0 Å². The molecular weight excluding hydrogens is 314 g/mol. The maximum Gasteiger partial charge on any atom is 0.303 e. The molecule has 0 bridgehead atoms. The van der Waals surface area contributed by atoms with Crippen LogP contribution in [0.5, 0.6) is 5.75 Å². The average molecular weight is 330 g/mol. The SMILES string of the molecule is COc1ccc(Br)cc1CC(CCC(=O)O)NC=O. The monoisotopic (exact) mass is 329 g/mol. The molecule has 1 unspecified atom stereocenters. The van der Waals surface area contributed by atoms with Crippen LogP contribution in [0.25, 0.3) is 0 Å². The predicted molar refractivity (Wildman–Crippen MR) is 74.3 cm³/mol. The summed E-state index contributed by atoms with van der Waals surface area (Å²) in [6, 6.07) is 5.37. The number of ether oxygens (including phenoxy) is 1. The van der Waals surface area contributed by atoms with Crippen molar-refractivity contribution in [1.29, 1.82) is 0 Å². The molecule has 1 atom stereocenters. The van der Waals surface area contributed by atoms with Crippen LogP contribution in [0.4, 0.5) is 0 Å². The lowest BCUT2D eigenvalue weighted by atomic mass is 10.0. The van der Waals surface area contributed by atoms with Gasteiger partial charge in [-0.2, -0.15) is 0 Å². The van der Waals surface area contributed by atoms with E-state index in [1.807, 2.05) is 18.2 Å². The van der Waals surface area contributed by atoms with Gasteiger partial charge >= 0.3 is 5.97 Å². The van der Waals surface area contributed by atoms with Crippen LogP contribution >= 0.6 is 15.9 Å². The van der Waals surface area contributed by atoms with Crippen molar-refractivity contribution in [1.82, 2.24) is 5.32 Å². The predicted octanol–water partition coefficient (Wildman–Crippen LogP) is 1.98. The molecule has 0 heterocycles. The van der Waals surface area contributed by atoms with E-state index in [1.165, 1.54) is 0 Å². The van der Waals surface area contributed by atoms with Crippen LogP contribution in [0.1, 0.15) is 18.4 Å². The number of carboxylic acids is 1. The normalized spacial score (nSPS) is 11.7. The van der Waals surface area contributed by atoms with Crippen LogP contribution < -0.4 is 10.1 Å². The Morgan fingerprint density at radius 3 is 2.89 bits per heavy atom. The van der Waals surface area contributed by atoms with Gasteiger partial charge in [0, 0.05) is 16.9 Å². The Kier molecular flexibility index (Phi) is 6.35. The Bertz CT molecular complexity index is 450. The Morgan fingerprint density at radius 1 is 1.58 bits per heavy atom. The summed E-state index contributed by atoms with van der Waals surface area (Å²) in [6.07, 6.45) is 1.51. The van der Waals surface area contributed by atoms with Crippen molar-refractivity contribution in [3.05, 3.63) is 28.2 Å². The average Bonchev–Trinajstić information content (AvgIpc) is 2.36. The van der Waals surface area contributed by atoms with Gasteiger partial charge in [-0.3, -0.25) is 9.59 Å². The Balaban J connectivity index is 2.79. The third-order valence-electron chi connectivity index (χ3n) is 2.72. The molecule has 0 radical (unpaired) electrons. The highest BCUT2D eigenvalue weighted by atomic mass is 79.9. The first-order chi connectivity index (χ1) is 9.06. The van der Waals surface area contributed by atoms with E-state index in [-0.39, 0.29) is 12.5 Å². The van der Waals surface area contributed by atoms with Crippen LogP contribution in [0.2, 0.25) is 0 Å². The molecular formula is C13H16BrNO4. The standard InChI is InChI=1S/C13H16BrNO4/c1-19-12-4-2-10(14)6-9(12)7-11(15-8-16)3-5-13(17)18/h2,4,6,8,11H,3,5,7H2,1H3,(H,15,16)(H,17,18). The second-order valence-electron chi connectivity index (χ2n) is 4.07. The molecule has 1 amide bonds. The minimum absolute atomic E-state index is 0.0157. The molecule has 0 saturated carbocycles. The summed E-state index contributed by atoms with van der Waals surface area (Å²) in [5, 5.41) is 11.3. The molecule has 19 heavy (non-hydrogen) atoms. The quantitative estimate of drug-likeness (QED) is 0.715. The smallest absolute Gasteiger partial charge is 0.303 e. The zero-order valence-electron chi connectivity index (χ0n) is 10.6. The highest BCUT2D eigenvalue weighted by Crippen LogP contribution is 2.24. The van der Waals surface area contributed by atoms with E-state index in [1.54, 1.807) is 7.11 Å². The lowest BCUT2D eigenvalue weighted by Gasteiger charge is -2.17. The molecule has 1 rings (SSSR count). The largest absolute Gasteiger partial charge is 0.496 e. The Morgan fingerprint density at radius 2 is 2.32 bits per heavy atom. The van der Waals surface area contributed by atoms with Crippen molar-refractivity contribution in [2.45, 2.75) is 25.3 Å². The molecule has 0 aliphatic heterocycles. The van der Waals surface area contributed by atoms with E-state index in [9.17, 15) is 9.59 Å². The summed E-state index contributed by atoms with van der Waals surface area (Å²) in [6.45, 7) is 0. The van der Waals surface area contributed by atoms with Crippen LogP contribution in [0, 0.1) is 0 Å². The molecule has 0 aromatic heterocycles. The van der Waals surface area contributed by atoms with E-state index < -0.39 is 5.97 Å². The van der Waals surface area contributed by atoms with Gasteiger partial charge in [0.05, 0.1) is 7.11 Å². The number of halogens is 1. The molecule has 0 aliphatic carbocycles. The Hall–Kier alpha value is -1.56. The van der Waals surface area contributed by atoms with Crippen molar-refractivity contribution >= 4 is 28.3 Å². The van der Waals surface area contributed by atoms with Gasteiger partial charge in [0.1, 0.15) is 5.75 Å². The second-order valence-corrected chi connectivity index (χ2v) is 4.99. The number of carbonyl (C=O) groups excluding carboxylic acids is 1. The molecule has 2 N–H and O–H groups in total. The number of amides is 1. The summed E-state index contributed by atoms with van der Waals surface area (Å²) >= 11 is 3.38. The molecule has 0 spiro atoms. The zero-order chi connectivity index (χ0) is 14.3. The highest BCUT2D eigenvalue weighted by molar-refractivity contribution is 9.10. The van der Waals surface area contributed by atoms with Gasteiger partial charge in [-0.1, -0.05) is 15.9 Å². The van der Waals surface area contributed by atoms with Crippen molar-refractivity contribution in [3.8, 4) is 5.75 Å². The van der Waals surface area contributed by atoms with Crippen LogP contribution in [-0.4, -0.2) is 30.6 Å². The Labute approximate surface area is 120 Å². The molecule has 104 valence electrons. The number of aliphatic carboxylic acids is 1. The van der Waals surface area contributed by atoms with E-state index in [0.29, 0.717) is 19.3 Å². The topological polar surface area (TPSA) is 75.6 Å². The van der Waals surface area contributed by atoms with E-state index in [4.69, 9.17) is 9.84 Å². The van der Waals surface area contributed by atoms with Gasteiger partial charge in [-0.05, 0) is 36.6 Å². The number of carbonyl (C=O) groups is 2. The van der Waals surface area contributed by atoms with Crippen molar-refractivity contribution in [2.24, 2.45) is 0 Å². The van der Waals surface area contributed by atoms with Crippen LogP contribution in [0.3, 0.4) is 0 Å². The van der Waals surface area contributed by atoms with Crippen molar-refractivity contribution in [3.63, 3.8) is 0 Å². The first kappa shape index (κ1) is 15.5. The van der Waals surface area contributed by atoms with Gasteiger partial charge in [0.25, 0.3) is 0 Å². The summed E-state index contributed by atoms with van der Waals surface area (Å²) in [7, 11) is 1.58. The van der Waals surface area contributed by atoms with Crippen LogP contribution in [-0.2, 0) is 16.0 Å². The van der Waals surface area contributed by atoms with E-state index in [0.717, 1.165) is 15.8 Å². The minimum Gasteiger partial charge on any atom is -0.496 e. The van der Waals surface area contributed by atoms with Crippen molar-refractivity contribution in [2.75, 3.05) is 7.11 Å². The number of hydrogen-bond acceptors (Lipinski definition) is 3. The van der Waals surface area contributed by atoms with Gasteiger partial charge in [-0.15, -0.1) is 0 Å². The van der Waals surface area contributed by atoms with E-state index in [2.05, 4.69) is 21.2 Å². The fourth-order valence-corrected chi connectivity index (χ4v) is 2.22. The summed E-state index contributed by atoms with van der Waals surface area (Å²) in [5.74, 6) is -0.157. The maximum atomic E-state index is 10.6. The third-order valence-corrected chi connectivity index (χ3v) is 3.21. The first-order valence-electron chi connectivity index (χ1n) is 5.80. The second kappa shape index (κ2) is 7.78. The summed E-state index contributed by atoms with van der Waals surface area (Å²) in [4.78, 5) is 21.2. The summed E-state index contributed by atoms with van der Waals surface area (Å²) < 4.78 is 6.16. The van der Waals surface area contributed by atoms with Crippen LogP contribution in [0.15, 0.2) is 22.7 Å². The summed E-state index contributed by atoms with van der Waals surface area (Å²) in [5.41, 5.74) is 0.918. The highest BCUT2D eigenvalue weighted by Gasteiger charge is 2.14. The number of hydrogen-bond donors (Lipinski definition) is 2. The van der Waals surface area contributed by atoms with E-state index >= 15 is 0 Å². The lowest BCUT2D eigenvalue weighted by Crippen LogP contribution is -2.30. The molecule has 0 saturated heterocycles. The molecule has 6 heteroatoms. The molecule has 0 fully saturated rings. The van der Waals surface area contributed by atoms with Crippen molar-refractivity contribution < 1.29 is 19.4 Å². The molecule has 5 nitrogen and oxygen atoms in total. The first-order valence-corrected chi connectivity index (χ1v) is 6.60. The fraction of sp³-hybridized carbons (Fsp3) is 0.385. The van der Waals surface area contributed by atoms with Gasteiger partial charge < -0.3 is 15.2 Å². The number of carboxylic acid groups (broad SMARTS) is 1. The lowest BCUT2D eigenvalue weighted by molar-refractivity contribution is -0.137. The van der Waals surface area contributed by atoms with Gasteiger partial charge in [0.15, 0.2) is 0 Å².